The number of carboxylic acid groups (broad SMARTS) is 1. The van der Waals surface area contributed by atoms with Gasteiger partial charge in [-0.25, -0.2) is 9.78 Å². The third-order valence-electron chi connectivity index (χ3n) is 5.86. The molecule has 1 aliphatic heterocycles. The quantitative estimate of drug-likeness (QED) is 0.859. The van der Waals surface area contributed by atoms with Gasteiger partial charge in [0, 0.05) is 56.2 Å². The van der Waals surface area contributed by atoms with Crippen LogP contribution in [0.5, 0.6) is 0 Å². The molecule has 8 nitrogen and oxygen atoms in total. The number of nitriles is 1. The van der Waals surface area contributed by atoms with E-state index in [2.05, 4.69) is 26.0 Å². The first-order valence-corrected chi connectivity index (χ1v) is 9.78. The summed E-state index contributed by atoms with van der Waals surface area (Å²) in [5.74, 6) is -0.180. The summed E-state index contributed by atoms with van der Waals surface area (Å²) in [7, 11) is 0. The fraction of sp³-hybridized carbons (Fsp3) is 0.500. The van der Waals surface area contributed by atoms with Crippen LogP contribution in [0, 0.1) is 11.3 Å². The van der Waals surface area contributed by atoms with E-state index in [4.69, 9.17) is 0 Å². The summed E-state index contributed by atoms with van der Waals surface area (Å²) >= 11 is 0. The van der Waals surface area contributed by atoms with E-state index in [1.165, 1.54) is 0 Å². The van der Waals surface area contributed by atoms with E-state index >= 15 is 0 Å². The van der Waals surface area contributed by atoms with Crippen molar-refractivity contribution in [3.05, 3.63) is 40.8 Å². The Balaban J connectivity index is 1.46. The number of hydrogen-bond acceptors (Lipinski definition) is 6. The van der Waals surface area contributed by atoms with Gasteiger partial charge in [-0.3, -0.25) is 9.58 Å². The topological polar surface area (TPSA) is 98.3 Å². The molecule has 1 fully saturated rings. The van der Waals surface area contributed by atoms with Crippen LogP contribution in [0.1, 0.15) is 40.7 Å². The van der Waals surface area contributed by atoms with E-state index in [0.717, 1.165) is 62.5 Å². The highest BCUT2D eigenvalue weighted by atomic mass is 16.4. The number of pyridine rings is 1. The zero-order valence-electron chi connectivity index (χ0n) is 16.0. The van der Waals surface area contributed by atoms with Crippen LogP contribution in [-0.4, -0.2) is 63.0 Å². The van der Waals surface area contributed by atoms with Gasteiger partial charge in [-0.1, -0.05) is 0 Å². The largest absolute Gasteiger partial charge is 0.476 e. The van der Waals surface area contributed by atoms with Gasteiger partial charge in [-0.2, -0.15) is 10.4 Å². The third kappa shape index (κ3) is 3.22. The lowest BCUT2D eigenvalue weighted by Gasteiger charge is -2.41. The average molecular weight is 380 g/mol. The Kier molecular flexibility index (Phi) is 5.01. The predicted molar refractivity (Wildman–Crippen MR) is 103 cm³/mol. The van der Waals surface area contributed by atoms with Gasteiger partial charge in [-0.15, -0.1) is 0 Å². The summed E-state index contributed by atoms with van der Waals surface area (Å²) in [5.41, 5.74) is 2.81. The van der Waals surface area contributed by atoms with Gasteiger partial charge in [0.2, 0.25) is 0 Å². The zero-order chi connectivity index (χ0) is 19.7. The van der Waals surface area contributed by atoms with Crippen LogP contribution in [0.3, 0.4) is 0 Å². The molecule has 1 aliphatic carbocycles. The van der Waals surface area contributed by atoms with Gasteiger partial charge in [0.25, 0.3) is 0 Å². The molecular formula is C20H24N6O2. The zero-order valence-corrected chi connectivity index (χ0v) is 16.0. The molecule has 0 aromatic carbocycles. The molecule has 1 atom stereocenters. The number of nitrogens with zero attached hydrogens (tertiary/aromatic N) is 6. The van der Waals surface area contributed by atoms with E-state index in [-0.39, 0.29) is 5.69 Å². The molecule has 0 spiro atoms. The smallest absolute Gasteiger partial charge is 0.356 e. The lowest BCUT2D eigenvalue weighted by molar-refractivity contribution is 0.0687. The normalized spacial score (nSPS) is 19.9. The van der Waals surface area contributed by atoms with Crippen LogP contribution in [-0.2, 0) is 19.4 Å². The minimum Gasteiger partial charge on any atom is -0.476 e. The Morgan fingerprint density at radius 3 is 2.82 bits per heavy atom. The lowest BCUT2D eigenvalue weighted by Crippen LogP contribution is -2.52. The Labute approximate surface area is 164 Å². The second-order valence-corrected chi connectivity index (χ2v) is 7.30. The molecule has 2 aliphatic rings. The van der Waals surface area contributed by atoms with E-state index in [1.807, 2.05) is 11.6 Å². The number of aromatic nitrogens is 3. The summed E-state index contributed by atoms with van der Waals surface area (Å²) in [5, 5.41) is 23.1. The van der Waals surface area contributed by atoms with Gasteiger partial charge < -0.3 is 10.0 Å². The van der Waals surface area contributed by atoms with Gasteiger partial charge in [-0.05, 0) is 38.3 Å². The number of rotatable bonds is 4. The highest BCUT2D eigenvalue weighted by Gasteiger charge is 2.33. The molecular weight excluding hydrogens is 356 g/mol. The van der Waals surface area contributed by atoms with Crippen molar-refractivity contribution in [1.82, 2.24) is 19.7 Å². The van der Waals surface area contributed by atoms with Crippen LogP contribution in [0.25, 0.3) is 0 Å². The maximum atomic E-state index is 11.6. The van der Waals surface area contributed by atoms with Crippen LogP contribution in [0.4, 0.5) is 5.82 Å². The van der Waals surface area contributed by atoms with E-state index < -0.39 is 5.97 Å². The van der Waals surface area contributed by atoms with E-state index in [9.17, 15) is 15.2 Å². The van der Waals surface area contributed by atoms with Crippen LogP contribution < -0.4 is 4.90 Å². The predicted octanol–water partition coefficient (Wildman–Crippen LogP) is 1.55. The highest BCUT2D eigenvalue weighted by molar-refractivity contribution is 5.87. The number of piperazine rings is 1. The molecule has 1 N–H and O–H groups in total. The summed E-state index contributed by atoms with van der Waals surface area (Å²) in [6, 6.07) is 6.14. The lowest BCUT2D eigenvalue weighted by atomic mass is 9.90. The van der Waals surface area contributed by atoms with Gasteiger partial charge >= 0.3 is 5.97 Å². The number of aryl methyl sites for hydroxylation is 1. The molecule has 4 rings (SSSR count). The summed E-state index contributed by atoms with van der Waals surface area (Å²) < 4.78 is 1.84. The fourth-order valence-corrected chi connectivity index (χ4v) is 4.45. The van der Waals surface area contributed by atoms with Crippen molar-refractivity contribution in [2.75, 3.05) is 31.1 Å². The number of aromatic carboxylic acids is 1. The van der Waals surface area contributed by atoms with Crippen molar-refractivity contribution in [2.45, 2.75) is 38.8 Å². The third-order valence-corrected chi connectivity index (χ3v) is 5.86. The van der Waals surface area contributed by atoms with Crippen molar-refractivity contribution in [3.8, 4) is 6.07 Å². The molecule has 8 heteroatoms. The molecule has 2 aromatic heterocycles. The van der Waals surface area contributed by atoms with Crippen molar-refractivity contribution < 1.29 is 9.90 Å². The molecule has 2 aromatic rings. The molecule has 0 amide bonds. The maximum absolute atomic E-state index is 11.6. The first kappa shape index (κ1) is 18.4. The SMILES string of the molecule is CCn1nc(C(=O)O)c2c1CC[C@H](N1CCN(c3ncccc3C#N)CC1)C2. The van der Waals surface area contributed by atoms with Gasteiger partial charge in [0.15, 0.2) is 5.69 Å². The fourth-order valence-electron chi connectivity index (χ4n) is 4.45. The molecule has 146 valence electrons. The second-order valence-electron chi connectivity index (χ2n) is 7.30. The monoisotopic (exact) mass is 380 g/mol. The van der Waals surface area contributed by atoms with Crippen LogP contribution >= 0.6 is 0 Å². The summed E-state index contributed by atoms with van der Waals surface area (Å²) in [6.45, 7) is 6.09. The number of anilines is 1. The summed E-state index contributed by atoms with van der Waals surface area (Å²) in [6.07, 6.45) is 4.35. The standard InChI is InChI=1S/C20H24N6O2/c1-2-26-17-6-5-15(12-16(17)18(23-26)20(27)28)24-8-10-25(11-9-24)19-14(13-21)4-3-7-22-19/h3-4,7,15H,2,5-6,8-12H2,1H3,(H,27,28)/t15-/m0/s1. The van der Waals surface area contributed by atoms with Gasteiger partial charge in [0.1, 0.15) is 11.9 Å². The Bertz CT molecular complexity index is 923. The molecule has 0 saturated carbocycles. The molecule has 0 unspecified atom stereocenters. The average Bonchev–Trinajstić information content (AvgIpc) is 3.12. The Hall–Kier alpha value is -2.92. The molecule has 3 heterocycles. The van der Waals surface area contributed by atoms with Crippen LogP contribution in [0.15, 0.2) is 18.3 Å². The number of fused-ring (bicyclic) bond motifs is 1. The van der Waals surface area contributed by atoms with Crippen LogP contribution in [0.2, 0.25) is 0 Å². The number of carbonyl (C=O) groups is 1. The minimum absolute atomic E-state index is 0.215. The Morgan fingerprint density at radius 1 is 1.36 bits per heavy atom. The first-order valence-electron chi connectivity index (χ1n) is 9.78. The summed E-state index contributed by atoms with van der Waals surface area (Å²) in [4.78, 5) is 20.6. The first-order chi connectivity index (χ1) is 13.6. The number of hydrogen-bond donors (Lipinski definition) is 1. The van der Waals surface area contributed by atoms with E-state index in [0.29, 0.717) is 18.2 Å². The van der Waals surface area contributed by atoms with Crippen molar-refractivity contribution >= 4 is 11.8 Å². The van der Waals surface area contributed by atoms with Crippen molar-refractivity contribution in [3.63, 3.8) is 0 Å². The number of carboxylic acids is 1. The minimum atomic E-state index is -0.937. The Morgan fingerprint density at radius 2 is 2.14 bits per heavy atom. The second kappa shape index (κ2) is 7.60. The van der Waals surface area contributed by atoms with Crippen molar-refractivity contribution in [2.24, 2.45) is 0 Å². The highest BCUT2D eigenvalue weighted by Crippen LogP contribution is 2.29. The molecule has 0 radical (unpaired) electrons. The van der Waals surface area contributed by atoms with Crippen molar-refractivity contribution in [1.29, 1.82) is 5.26 Å². The molecule has 1 saturated heterocycles. The molecule has 0 bridgehead atoms. The van der Waals surface area contributed by atoms with E-state index in [1.54, 1.807) is 18.3 Å². The molecule has 28 heavy (non-hydrogen) atoms. The van der Waals surface area contributed by atoms with Gasteiger partial charge in [0.05, 0.1) is 5.56 Å². The maximum Gasteiger partial charge on any atom is 0.356 e.